The Balaban J connectivity index is 2.13. The van der Waals surface area contributed by atoms with Crippen LogP contribution in [-0.4, -0.2) is 71.1 Å². The molecule has 1 amide bonds. The second-order valence-electron chi connectivity index (χ2n) is 8.47. The van der Waals surface area contributed by atoms with Crippen molar-refractivity contribution in [3.05, 3.63) is 80.4 Å². The summed E-state index contributed by atoms with van der Waals surface area (Å²) in [5, 5.41) is 11.6. The van der Waals surface area contributed by atoms with Crippen molar-refractivity contribution in [2.24, 2.45) is 0 Å². The van der Waals surface area contributed by atoms with Crippen molar-refractivity contribution in [2.75, 3.05) is 40.9 Å². The van der Waals surface area contributed by atoms with Crippen LogP contribution in [0.2, 0.25) is 0 Å². The highest BCUT2D eigenvalue weighted by Gasteiger charge is 2.29. The van der Waals surface area contributed by atoms with Gasteiger partial charge in [-0.05, 0) is 44.8 Å². The van der Waals surface area contributed by atoms with E-state index in [9.17, 15) is 19.7 Å². The highest BCUT2D eigenvalue weighted by atomic mass is 16.6. The summed E-state index contributed by atoms with van der Waals surface area (Å²) in [6.07, 6.45) is 0.518. The number of amides is 1. The van der Waals surface area contributed by atoms with Crippen molar-refractivity contribution in [2.45, 2.75) is 25.9 Å². The maximum atomic E-state index is 13.7. The van der Waals surface area contributed by atoms with Crippen molar-refractivity contribution >= 4 is 22.5 Å². The molecule has 0 aliphatic carbocycles. The summed E-state index contributed by atoms with van der Waals surface area (Å²) in [6, 6.07) is 12.2. The molecule has 1 atom stereocenters. The zero-order valence-corrected chi connectivity index (χ0v) is 20.5. The van der Waals surface area contributed by atoms with Crippen molar-refractivity contribution in [3.8, 4) is 0 Å². The van der Waals surface area contributed by atoms with Gasteiger partial charge in [0.2, 0.25) is 0 Å². The number of methoxy groups -OCH3 is 1. The summed E-state index contributed by atoms with van der Waals surface area (Å²) in [5.74, 6) is 0.205. The summed E-state index contributed by atoms with van der Waals surface area (Å²) in [6.45, 7) is 3.53. The molecule has 0 aliphatic rings. The molecule has 3 aromatic rings. The number of aromatic nitrogens is 2. The molecule has 2 aromatic carbocycles. The van der Waals surface area contributed by atoms with Crippen molar-refractivity contribution in [1.29, 1.82) is 0 Å². The third-order valence-electron chi connectivity index (χ3n) is 5.85. The van der Waals surface area contributed by atoms with E-state index in [1.54, 1.807) is 34.8 Å². The fourth-order valence-corrected chi connectivity index (χ4v) is 3.98. The SMILES string of the molecule is CCC(c1nc2ccccc2c(=O)n1CCOC)N(CCN(C)C)C(=O)c1ccc([N+](=O)[O-])cc1. The van der Waals surface area contributed by atoms with Crippen LogP contribution in [0, 0.1) is 10.1 Å². The van der Waals surface area contributed by atoms with Gasteiger partial charge in [0, 0.05) is 37.9 Å². The minimum absolute atomic E-state index is 0.0852. The fraction of sp³-hybridized carbons (Fsp3) is 0.400. The first-order chi connectivity index (χ1) is 16.8. The van der Waals surface area contributed by atoms with E-state index >= 15 is 0 Å². The number of carbonyl (C=O) groups excluding carboxylic acids is 1. The summed E-state index contributed by atoms with van der Waals surface area (Å²) in [5.41, 5.74) is 0.629. The lowest BCUT2D eigenvalue weighted by molar-refractivity contribution is -0.384. The maximum absolute atomic E-state index is 13.7. The van der Waals surface area contributed by atoms with Crippen LogP contribution in [0.15, 0.2) is 53.3 Å². The van der Waals surface area contributed by atoms with E-state index in [-0.39, 0.29) is 17.2 Å². The molecule has 0 saturated heterocycles. The topological polar surface area (TPSA) is 111 Å². The molecule has 0 radical (unpaired) electrons. The van der Waals surface area contributed by atoms with Gasteiger partial charge >= 0.3 is 0 Å². The van der Waals surface area contributed by atoms with Gasteiger partial charge in [0.15, 0.2) is 0 Å². The van der Waals surface area contributed by atoms with Crippen LogP contribution in [0.4, 0.5) is 5.69 Å². The number of fused-ring (bicyclic) bond motifs is 1. The normalized spacial score (nSPS) is 12.1. The summed E-state index contributed by atoms with van der Waals surface area (Å²) >= 11 is 0. The van der Waals surface area contributed by atoms with E-state index < -0.39 is 11.0 Å². The lowest BCUT2D eigenvalue weighted by atomic mass is 10.1. The summed E-state index contributed by atoms with van der Waals surface area (Å²) in [4.78, 5) is 46.1. The number of nitrogens with zero attached hydrogens (tertiary/aromatic N) is 5. The van der Waals surface area contributed by atoms with Crippen LogP contribution in [0.25, 0.3) is 10.9 Å². The van der Waals surface area contributed by atoms with Crippen molar-refractivity contribution in [1.82, 2.24) is 19.4 Å². The average Bonchev–Trinajstić information content (AvgIpc) is 2.85. The van der Waals surface area contributed by atoms with Crippen molar-refractivity contribution in [3.63, 3.8) is 0 Å². The Morgan fingerprint density at radius 3 is 2.43 bits per heavy atom. The summed E-state index contributed by atoms with van der Waals surface area (Å²) < 4.78 is 6.83. The first-order valence-electron chi connectivity index (χ1n) is 11.5. The summed E-state index contributed by atoms with van der Waals surface area (Å²) in [7, 11) is 5.40. The number of rotatable bonds is 11. The number of hydrogen-bond acceptors (Lipinski definition) is 7. The predicted octanol–water partition coefficient (Wildman–Crippen LogP) is 3.11. The van der Waals surface area contributed by atoms with E-state index in [2.05, 4.69) is 0 Å². The molecular weight excluding hydrogens is 450 g/mol. The minimum atomic E-state index is -0.500. The number of para-hydroxylation sites is 1. The first-order valence-corrected chi connectivity index (χ1v) is 11.5. The minimum Gasteiger partial charge on any atom is -0.383 e. The van der Waals surface area contributed by atoms with Crippen LogP contribution in [0.3, 0.4) is 0 Å². The van der Waals surface area contributed by atoms with Gasteiger partial charge in [-0.25, -0.2) is 4.98 Å². The number of likely N-dealkylation sites (N-methyl/N-ethyl adjacent to an activating group) is 1. The molecule has 35 heavy (non-hydrogen) atoms. The van der Waals surface area contributed by atoms with Crippen LogP contribution in [0.5, 0.6) is 0 Å². The number of carbonyl (C=O) groups is 1. The number of nitro groups is 1. The van der Waals surface area contributed by atoms with E-state index in [1.165, 1.54) is 24.3 Å². The molecule has 3 rings (SSSR count). The second kappa shape index (κ2) is 11.7. The lowest BCUT2D eigenvalue weighted by Gasteiger charge is -2.33. The molecule has 0 fully saturated rings. The van der Waals surface area contributed by atoms with Gasteiger partial charge in [-0.2, -0.15) is 0 Å². The molecule has 0 bridgehead atoms. The quantitative estimate of drug-likeness (QED) is 0.306. The number of benzene rings is 2. The van der Waals surface area contributed by atoms with Gasteiger partial charge in [-0.15, -0.1) is 0 Å². The number of hydrogen-bond donors (Lipinski definition) is 0. The highest BCUT2D eigenvalue weighted by Crippen LogP contribution is 2.26. The predicted molar refractivity (Wildman–Crippen MR) is 134 cm³/mol. The van der Waals surface area contributed by atoms with Gasteiger partial charge in [-0.1, -0.05) is 19.1 Å². The Labute approximate surface area is 203 Å². The maximum Gasteiger partial charge on any atom is 0.269 e. The zero-order chi connectivity index (χ0) is 25.5. The van der Waals surface area contributed by atoms with Gasteiger partial charge in [0.25, 0.3) is 17.2 Å². The first kappa shape index (κ1) is 26.0. The zero-order valence-electron chi connectivity index (χ0n) is 20.5. The average molecular weight is 482 g/mol. The Morgan fingerprint density at radius 2 is 1.83 bits per heavy atom. The molecule has 0 aliphatic heterocycles. The van der Waals surface area contributed by atoms with Gasteiger partial charge in [0.05, 0.1) is 35.0 Å². The second-order valence-corrected chi connectivity index (χ2v) is 8.47. The standard InChI is InChI=1S/C25H31N5O5/c1-5-22(23-26-21-9-7-6-8-20(21)25(32)29(23)16-17-35-4)28(15-14-27(2)3)24(31)18-10-12-19(13-11-18)30(33)34/h6-13,22H,5,14-17H2,1-4H3. The Hall–Kier alpha value is -3.63. The van der Waals surface area contributed by atoms with Gasteiger partial charge < -0.3 is 14.5 Å². The number of nitro benzene ring substituents is 1. The fourth-order valence-electron chi connectivity index (χ4n) is 3.98. The van der Waals surface area contributed by atoms with Gasteiger partial charge in [-0.3, -0.25) is 24.3 Å². The van der Waals surface area contributed by atoms with Crippen LogP contribution < -0.4 is 5.56 Å². The van der Waals surface area contributed by atoms with E-state index in [4.69, 9.17) is 9.72 Å². The van der Waals surface area contributed by atoms with Gasteiger partial charge in [0.1, 0.15) is 5.82 Å². The monoisotopic (exact) mass is 481 g/mol. The van der Waals surface area contributed by atoms with E-state index in [0.717, 1.165) is 0 Å². The molecular formula is C25H31N5O5. The Bertz CT molecular complexity index is 1240. The van der Waals surface area contributed by atoms with Crippen LogP contribution in [-0.2, 0) is 11.3 Å². The molecule has 10 nitrogen and oxygen atoms in total. The largest absolute Gasteiger partial charge is 0.383 e. The van der Waals surface area contributed by atoms with E-state index in [0.29, 0.717) is 55.0 Å². The molecule has 186 valence electrons. The van der Waals surface area contributed by atoms with Crippen LogP contribution >= 0.6 is 0 Å². The number of non-ortho nitro benzene ring substituents is 1. The lowest BCUT2D eigenvalue weighted by Crippen LogP contribution is -2.42. The highest BCUT2D eigenvalue weighted by molar-refractivity contribution is 5.94. The molecule has 1 aromatic heterocycles. The Morgan fingerprint density at radius 1 is 1.14 bits per heavy atom. The van der Waals surface area contributed by atoms with Crippen LogP contribution in [0.1, 0.15) is 35.6 Å². The molecule has 1 unspecified atom stereocenters. The van der Waals surface area contributed by atoms with Crippen molar-refractivity contribution < 1.29 is 14.5 Å². The third-order valence-corrected chi connectivity index (χ3v) is 5.85. The molecule has 0 spiro atoms. The molecule has 10 heteroatoms. The Kier molecular flexibility index (Phi) is 8.67. The van der Waals surface area contributed by atoms with E-state index in [1.807, 2.05) is 32.0 Å². The molecule has 0 N–H and O–H groups in total. The molecule has 1 heterocycles. The smallest absolute Gasteiger partial charge is 0.269 e. The molecule has 0 saturated carbocycles. The number of ether oxygens (including phenoxy) is 1. The third kappa shape index (κ3) is 5.90.